The predicted molar refractivity (Wildman–Crippen MR) is 107 cm³/mol. The molecule has 4 rings (SSSR count). The van der Waals surface area contributed by atoms with Crippen molar-refractivity contribution in [2.45, 2.75) is 19.4 Å². The smallest absolute Gasteiger partial charge is 0.227 e. The number of carbonyl (C=O) groups excluding carboxylic acids is 1. The average molecular weight is 383 g/mol. The van der Waals surface area contributed by atoms with Gasteiger partial charge in [-0.1, -0.05) is 6.07 Å². The molecule has 1 fully saturated rings. The fourth-order valence-electron chi connectivity index (χ4n) is 3.80. The summed E-state index contributed by atoms with van der Waals surface area (Å²) in [5, 5.41) is 2.83. The number of nitrogens with zero attached hydrogens (tertiary/aromatic N) is 3. The van der Waals surface area contributed by atoms with Crippen LogP contribution in [0.2, 0.25) is 0 Å². The summed E-state index contributed by atoms with van der Waals surface area (Å²) in [6, 6.07) is 10.7. The summed E-state index contributed by atoms with van der Waals surface area (Å²) in [6.07, 6.45) is 3.59. The van der Waals surface area contributed by atoms with Crippen molar-refractivity contribution in [2.75, 3.05) is 25.0 Å². The normalized spacial score (nSPS) is 17.3. The van der Waals surface area contributed by atoms with Gasteiger partial charge in [0, 0.05) is 42.3 Å². The lowest BCUT2D eigenvalue weighted by molar-refractivity contribution is -0.134. The molecule has 0 spiro atoms. The summed E-state index contributed by atoms with van der Waals surface area (Å²) in [5.74, 6) is -0.129. The number of amides is 1. The third kappa shape index (κ3) is 3.81. The Bertz CT molecular complexity index is 944. The molecular formula is C21H22FN3OS. The Morgan fingerprint density at radius 3 is 3.07 bits per heavy atom. The zero-order valence-electron chi connectivity index (χ0n) is 15.3. The number of anilines is 1. The zero-order valence-corrected chi connectivity index (χ0v) is 16.1. The number of carbonyl (C=O) groups is 1. The van der Waals surface area contributed by atoms with E-state index in [-0.39, 0.29) is 17.6 Å². The summed E-state index contributed by atoms with van der Waals surface area (Å²) in [4.78, 5) is 22.5. The number of hydrogen-bond donors (Lipinski definition) is 0. The molecule has 3 aromatic rings. The first-order chi connectivity index (χ1) is 13.1. The van der Waals surface area contributed by atoms with Crippen LogP contribution in [0.1, 0.15) is 17.7 Å². The summed E-state index contributed by atoms with van der Waals surface area (Å²) in [5.41, 5.74) is 1.73. The number of pyridine rings is 1. The maximum absolute atomic E-state index is 13.8. The summed E-state index contributed by atoms with van der Waals surface area (Å²) >= 11 is 1.67. The molecule has 1 atom stereocenters. The molecular weight excluding hydrogens is 361 g/mol. The van der Waals surface area contributed by atoms with Gasteiger partial charge in [-0.25, -0.2) is 4.39 Å². The van der Waals surface area contributed by atoms with Crippen LogP contribution in [-0.2, 0) is 11.3 Å². The van der Waals surface area contributed by atoms with Crippen LogP contribution in [0.4, 0.5) is 10.1 Å². The zero-order chi connectivity index (χ0) is 18.8. The summed E-state index contributed by atoms with van der Waals surface area (Å²) < 4.78 is 13.8. The number of fused-ring (bicyclic) bond motifs is 1. The fourth-order valence-corrected chi connectivity index (χ4v) is 4.56. The molecule has 0 N–H and O–H groups in total. The quantitative estimate of drug-likeness (QED) is 0.674. The minimum atomic E-state index is -0.267. The first-order valence-electron chi connectivity index (χ1n) is 9.18. The molecule has 27 heavy (non-hydrogen) atoms. The van der Waals surface area contributed by atoms with Gasteiger partial charge in [-0.05, 0) is 48.6 Å². The van der Waals surface area contributed by atoms with E-state index in [9.17, 15) is 9.18 Å². The molecule has 140 valence electrons. The highest BCUT2D eigenvalue weighted by molar-refractivity contribution is 7.09. The Kier molecular flexibility index (Phi) is 5.07. The van der Waals surface area contributed by atoms with Gasteiger partial charge in [0.25, 0.3) is 0 Å². The number of benzene rings is 1. The van der Waals surface area contributed by atoms with Crippen molar-refractivity contribution in [3.8, 4) is 0 Å². The van der Waals surface area contributed by atoms with Crippen molar-refractivity contribution in [2.24, 2.45) is 5.92 Å². The van der Waals surface area contributed by atoms with Gasteiger partial charge >= 0.3 is 0 Å². The minimum absolute atomic E-state index is 0.0412. The van der Waals surface area contributed by atoms with Crippen LogP contribution in [0, 0.1) is 11.7 Å². The van der Waals surface area contributed by atoms with Crippen LogP contribution in [0.5, 0.6) is 0 Å². The van der Waals surface area contributed by atoms with E-state index in [0.717, 1.165) is 36.0 Å². The minimum Gasteiger partial charge on any atom is -0.370 e. The first-order valence-corrected chi connectivity index (χ1v) is 10.1. The Balaban J connectivity index is 1.53. The lowest BCUT2D eigenvalue weighted by Gasteiger charge is -2.35. The molecule has 0 aliphatic carbocycles. The van der Waals surface area contributed by atoms with Gasteiger partial charge in [0.2, 0.25) is 5.91 Å². The fraction of sp³-hybridized carbons (Fsp3) is 0.333. The van der Waals surface area contributed by atoms with Crippen LogP contribution in [-0.4, -0.2) is 35.9 Å². The van der Waals surface area contributed by atoms with Crippen molar-refractivity contribution in [1.29, 1.82) is 0 Å². The van der Waals surface area contributed by atoms with Gasteiger partial charge in [0.1, 0.15) is 5.82 Å². The van der Waals surface area contributed by atoms with Crippen LogP contribution in [0.25, 0.3) is 10.9 Å². The third-order valence-electron chi connectivity index (χ3n) is 5.14. The van der Waals surface area contributed by atoms with Crippen molar-refractivity contribution >= 4 is 33.8 Å². The van der Waals surface area contributed by atoms with E-state index in [1.54, 1.807) is 23.6 Å². The molecule has 1 aliphatic rings. The van der Waals surface area contributed by atoms with Gasteiger partial charge in [-0.15, -0.1) is 11.3 Å². The van der Waals surface area contributed by atoms with Crippen LogP contribution in [0.3, 0.4) is 0 Å². The molecule has 2 aromatic heterocycles. The number of aromatic nitrogens is 1. The Morgan fingerprint density at radius 2 is 2.26 bits per heavy atom. The number of piperidine rings is 1. The van der Waals surface area contributed by atoms with E-state index in [0.29, 0.717) is 13.1 Å². The predicted octanol–water partition coefficient (Wildman–Crippen LogP) is 4.31. The molecule has 4 nitrogen and oxygen atoms in total. The molecule has 1 unspecified atom stereocenters. The SMILES string of the molecule is CN(Cc1cccs1)C(=O)C1CCCN(c2ccnc3ccc(F)cc23)C1. The number of hydrogen-bond acceptors (Lipinski definition) is 4. The van der Waals surface area contributed by atoms with Crippen molar-refractivity contribution in [3.05, 3.63) is 58.7 Å². The summed E-state index contributed by atoms with van der Waals surface area (Å²) in [7, 11) is 1.87. The number of rotatable bonds is 4. The van der Waals surface area contributed by atoms with Crippen LogP contribution in [0.15, 0.2) is 48.0 Å². The second-order valence-electron chi connectivity index (χ2n) is 7.05. The maximum atomic E-state index is 13.8. The topological polar surface area (TPSA) is 36.4 Å². The largest absolute Gasteiger partial charge is 0.370 e. The molecule has 6 heteroatoms. The summed E-state index contributed by atoms with van der Waals surface area (Å²) in [6.45, 7) is 2.17. The Labute approximate surface area is 162 Å². The first kappa shape index (κ1) is 17.9. The third-order valence-corrected chi connectivity index (χ3v) is 6.00. The van der Waals surface area contributed by atoms with E-state index in [1.165, 1.54) is 17.0 Å². The number of halogens is 1. The van der Waals surface area contributed by atoms with Crippen molar-refractivity contribution in [3.63, 3.8) is 0 Å². The van der Waals surface area contributed by atoms with Gasteiger partial charge < -0.3 is 9.80 Å². The van der Waals surface area contributed by atoms with E-state index in [4.69, 9.17) is 0 Å². The molecule has 0 radical (unpaired) electrons. The highest BCUT2D eigenvalue weighted by Gasteiger charge is 2.29. The monoisotopic (exact) mass is 383 g/mol. The van der Waals surface area contributed by atoms with E-state index in [2.05, 4.69) is 16.0 Å². The molecule has 1 aromatic carbocycles. The Hall–Kier alpha value is -2.47. The van der Waals surface area contributed by atoms with Gasteiger partial charge in [0.05, 0.1) is 18.0 Å². The second kappa shape index (κ2) is 7.64. The van der Waals surface area contributed by atoms with Gasteiger partial charge in [-0.2, -0.15) is 0 Å². The molecule has 3 heterocycles. The van der Waals surface area contributed by atoms with Crippen molar-refractivity contribution < 1.29 is 9.18 Å². The molecule has 1 saturated heterocycles. The van der Waals surface area contributed by atoms with Gasteiger partial charge in [-0.3, -0.25) is 9.78 Å². The van der Waals surface area contributed by atoms with Gasteiger partial charge in [0.15, 0.2) is 0 Å². The van der Waals surface area contributed by atoms with Crippen LogP contribution < -0.4 is 4.90 Å². The maximum Gasteiger partial charge on any atom is 0.227 e. The number of thiophene rings is 1. The highest BCUT2D eigenvalue weighted by atomic mass is 32.1. The highest BCUT2D eigenvalue weighted by Crippen LogP contribution is 2.30. The lowest BCUT2D eigenvalue weighted by atomic mass is 9.95. The second-order valence-corrected chi connectivity index (χ2v) is 8.08. The van der Waals surface area contributed by atoms with Crippen LogP contribution >= 0.6 is 11.3 Å². The molecule has 0 saturated carbocycles. The molecule has 0 bridgehead atoms. The van der Waals surface area contributed by atoms with Crippen molar-refractivity contribution in [1.82, 2.24) is 9.88 Å². The van der Waals surface area contributed by atoms with E-state index < -0.39 is 0 Å². The van der Waals surface area contributed by atoms with E-state index >= 15 is 0 Å². The lowest BCUT2D eigenvalue weighted by Crippen LogP contribution is -2.43. The Morgan fingerprint density at radius 1 is 1.37 bits per heavy atom. The molecule has 1 amide bonds. The average Bonchev–Trinajstić information content (AvgIpc) is 3.20. The standard InChI is InChI=1S/C21H22FN3OS/c1-24(14-17-5-3-11-27-17)21(26)15-4-2-10-25(13-15)20-8-9-23-19-7-6-16(22)12-18(19)20/h3,5-9,11-12,15H,2,4,10,13-14H2,1H3. The molecule has 1 aliphatic heterocycles. The van der Waals surface area contributed by atoms with E-state index in [1.807, 2.05) is 29.5 Å².